The molecule has 3 aliphatic rings. The van der Waals surface area contributed by atoms with Crippen LogP contribution in [0.15, 0.2) is 17.3 Å². The summed E-state index contributed by atoms with van der Waals surface area (Å²) in [5, 5.41) is 19.6. The summed E-state index contributed by atoms with van der Waals surface area (Å²) in [6, 6.07) is 0. The second-order valence-corrected chi connectivity index (χ2v) is 5.95. The largest absolute Gasteiger partial charge is 0.478 e. The van der Waals surface area contributed by atoms with Crippen molar-refractivity contribution in [3.8, 4) is 0 Å². The summed E-state index contributed by atoms with van der Waals surface area (Å²) in [6.07, 6.45) is 3.38. The molecule has 3 atom stereocenters. The monoisotopic (exact) mass is 346 g/mol. The number of oxime groups is 1. The number of aliphatic carboxylic acids is 2. The fourth-order valence-electron chi connectivity index (χ4n) is 2.81. The van der Waals surface area contributed by atoms with Crippen LogP contribution in [0.25, 0.3) is 0 Å². The maximum Gasteiger partial charge on any atom is 0.328 e. The first-order chi connectivity index (χ1) is 9.41. The Hall–Kier alpha value is -1.41. The van der Waals surface area contributed by atoms with Crippen molar-refractivity contribution in [3.63, 3.8) is 0 Å². The first-order valence-corrected chi connectivity index (χ1v) is 6.97. The molecular weight excluding hydrogens is 332 g/mol. The lowest BCUT2D eigenvalue weighted by Crippen LogP contribution is -2.42. The van der Waals surface area contributed by atoms with Crippen molar-refractivity contribution in [2.75, 3.05) is 19.6 Å². The van der Waals surface area contributed by atoms with Gasteiger partial charge in [0, 0.05) is 37.6 Å². The Balaban J connectivity index is 0.000000163. The molecule has 2 N–H and O–H groups in total. The van der Waals surface area contributed by atoms with Crippen LogP contribution in [-0.2, 0) is 14.4 Å². The molecule has 0 aliphatic carbocycles. The second kappa shape index (κ2) is 5.92. The Morgan fingerprint density at radius 2 is 2.05 bits per heavy atom. The van der Waals surface area contributed by atoms with Crippen molar-refractivity contribution in [3.05, 3.63) is 12.2 Å². The van der Waals surface area contributed by atoms with E-state index in [1.165, 1.54) is 19.5 Å². The van der Waals surface area contributed by atoms with E-state index in [0.29, 0.717) is 12.2 Å². The molecule has 8 heteroatoms. The predicted molar refractivity (Wildman–Crippen MR) is 73.8 cm³/mol. The number of carboxylic acid groups (broad SMARTS) is 2. The van der Waals surface area contributed by atoms with Crippen molar-refractivity contribution >= 4 is 32.5 Å². The van der Waals surface area contributed by atoms with E-state index in [4.69, 9.17) is 15.1 Å². The molecule has 2 saturated heterocycles. The summed E-state index contributed by atoms with van der Waals surface area (Å²) in [4.78, 5) is 27.1. The Bertz CT molecular complexity index is 462. The van der Waals surface area contributed by atoms with Gasteiger partial charge in [0.15, 0.2) is 5.60 Å². The fraction of sp³-hybridized carbons (Fsp3) is 0.583. The van der Waals surface area contributed by atoms with E-state index in [9.17, 15) is 9.59 Å². The average Bonchev–Trinajstić information content (AvgIpc) is 3.04. The van der Waals surface area contributed by atoms with E-state index in [1.54, 1.807) is 0 Å². The maximum atomic E-state index is 9.55. The third-order valence-corrected chi connectivity index (χ3v) is 4.07. The van der Waals surface area contributed by atoms with Crippen molar-refractivity contribution in [2.24, 2.45) is 11.1 Å². The molecule has 0 saturated carbocycles. The van der Waals surface area contributed by atoms with E-state index in [-0.39, 0.29) is 5.60 Å². The van der Waals surface area contributed by atoms with Gasteiger partial charge in [-0.2, -0.15) is 0 Å². The Labute approximate surface area is 124 Å². The zero-order valence-corrected chi connectivity index (χ0v) is 12.2. The molecular formula is C12H15BrN2O5. The molecule has 0 amide bonds. The number of carbonyl (C=O) groups is 2. The van der Waals surface area contributed by atoms with E-state index in [0.717, 1.165) is 23.5 Å². The fourth-order valence-corrected chi connectivity index (χ4v) is 3.36. The minimum Gasteiger partial charge on any atom is -0.478 e. The molecule has 3 rings (SSSR count). The number of rotatable bonds is 2. The summed E-state index contributed by atoms with van der Waals surface area (Å²) >= 11 is 3.40. The van der Waals surface area contributed by atoms with Crippen LogP contribution in [0.1, 0.15) is 12.8 Å². The van der Waals surface area contributed by atoms with E-state index < -0.39 is 11.9 Å². The zero-order valence-electron chi connectivity index (χ0n) is 10.7. The second-order valence-electron chi connectivity index (χ2n) is 5.03. The number of carboxylic acids is 2. The number of piperidine rings is 1. The van der Waals surface area contributed by atoms with Gasteiger partial charge in [-0.15, -0.1) is 0 Å². The highest BCUT2D eigenvalue weighted by molar-refractivity contribution is 9.18. The maximum absolute atomic E-state index is 9.55. The smallest absolute Gasteiger partial charge is 0.328 e. The highest BCUT2D eigenvalue weighted by atomic mass is 79.9. The van der Waals surface area contributed by atoms with Gasteiger partial charge >= 0.3 is 11.9 Å². The predicted octanol–water partition coefficient (Wildman–Crippen LogP) is 0.901. The number of hydrogen-bond donors (Lipinski definition) is 2. The molecule has 1 spiro atoms. The van der Waals surface area contributed by atoms with Gasteiger partial charge < -0.3 is 15.1 Å². The zero-order chi connectivity index (χ0) is 14.8. The summed E-state index contributed by atoms with van der Waals surface area (Å²) in [5.41, 5.74) is 0.0527. The van der Waals surface area contributed by atoms with Gasteiger partial charge in [-0.3, -0.25) is 4.90 Å². The molecule has 2 fully saturated rings. The average molecular weight is 347 g/mol. The number of nitrogens with zero attached hydrogens (tertiary/aromatic N) is 2. The van der Waals surface area contributed by atoms with Crippen LogP contribution >= 0.6 is 15.9 Å². The van der Waals surface area contributed by atoms with Crippen LogP contribution in [0, 0.1) is 5.92 Å². The minimum atomic E-state index is -1.26. The van der Waals surface area contributed by atoms with Gasteiger partial charge in [0.2, 0.25) is 0 Å². The molecule has 2 bridgehead atoms. The Morgan fingerprint density at radius 1 is 1.40 bits per heavy atom. The summed E-state index contributed by atoms with van der Waals surface area (Å²) < 4.78 is 0.983. The quantitative estimate of drug-likeness (QED) is 0.720. The number of halogens is 1. The van der Waals surface area contributed by atoms with Gasteiger partial charge in [0.25, 0.3) is 0 Å². The molecule has 0 radical (unpaired) electrons. The summed E-state index contributed by atoms with van der Waals surface area (Å²) in [6.45, 7) is 3.56. The lowest BCUT2D eigenvalue weighted by molar-refractivity contribution is -0.134. The van der Waals surface area contributed by atoms with E-state index in [1.807, 2.05) is 0 Å². The third-order valence-electron chi connectivity index (χ3n) is 3.65. The van der Waals surface area contributed by atoms with Crippen LogP contribution in [0.5, 0.6) is 0 Å². The molecule has 0 aromatic carbocycles. The summed E-state index contributed by atoms with van der Waals surface area (Å²) in [5.74, 6) is -1.80. The molecule has 3 unspecified atom stereocenters. The molecule has 0 aromatic rings. The van der Waals surface area contributed by atoms with Gasteiger partial charge in [-0.25, -0.2) is 9.59 Å². The van der Waals surface area contributed by atoms with Crippen molar-refractivity contribution in [2.45, 2.75) is 18.4 Å². The van der Waals surface area contributed by atoms with E-state index >= 15 is 0 Å². The van der Waals surface area contributed by atoms with Gasteiger partial charge in [-0.05, 0) is 28.9 Å². The number of fused-ring (bicyclic) bond motifs is 3. The van der Waals surface area contributed by atoms with Crippen molar-refractivity contribution < 1.29 is 24.6 Å². The Kier molecular flexibility index (Phi) is 4.44. The van der Waals surface area contributed by atoms with Gasteiger partial charge in [0.05, 0.1) is 0 Å². The lowest BCUT2D eigenvalue weighted by Gasteiger charge is -2.30. The highest BCUT2D eigenvalue weighted by Gasteiger charge is 2.55. The molecule has 0 aromatic heterocycles. The first kappa shape index (κ1) is 15.0. The Morgan fingerprint density at radius 3 is 2.40 bits per heavy atom. The van der Waals surface area contributed by atoms with E-state index in [2.05, 4.69) is 26.0 Å². The normalized spacial score (nSPS) is 33.8. The van der Waals surface area contributed by atoms with Crippen molar-refractivity contribution in [1.82, 2.24) is 4.90 Å². The standard InChI is InChI=1S/C8H11BrN2O.C4H4O4/c9-7-3-8(12-10-7)5-11-2-1-6(8)4-11;5-3(6)1-2-4(7)8/h6H,1-5H2;1-2H,(H,5,6)(H,7,8)/b;2-1+. The third kappa shape index (κ3) is 3.37. The van der Waals surface area contributed by atoms with Crippen LogP contribution in [0.4, 0.5) is 0 Å². The molecule has 20 heavy (non-hydrogen) atoms. The molecule has 3 aliphatic heterocycles. The van der Waals surface area contributed by atoms with Crippen LogP contribution in [0.2, 0.25) is 0 Å². The summed E-state index contributed by atoms with van der Waals surface area (Å²) in [7, 11) is 0. The van der Waals surface area contributed by atoms with Crippen LogP contribution in [-0.4, -0.2) is 56.9 Å². The minimum absolute atomic E-state index is 0.0527. The van der Waals surface area contributed by atoms with Crippen LogP contribution < -0.4 is 0 Å². The van der Waals surface area contributed by atoms with Crippen molar-refractivity contribution in [1.29, 1.82) is 0 Å². The highest BCUT2D eigenvalue weighted by Crippen LogP contribution is 2.44. The SMILES string of the molecule is BrC1=NOC2(C1)CN1CCC2C1.O=C(O)/C=C/C(=O)O. The number of hydrogen-bond acceptors (Lipinski definition) is 5. The first-order valence-electron chi connectivity index (χ1n) is 6.18. The van der Waals surface area contributed by atoms with Gasteiger partial charge in [0.1, 0.15) is 4.62 Å². The molecule has 110 valence electrons. The lowest BCUT2D eigenvalue weighted by atomic mass is 9.86. The molecule has 7 nitrogen and oxygen atoms in total. The van der Waals surface area contributed by atoms with Crippen LogP contribution in [0.3, 0.4) is 0 Å². The topological polar surface area (TPSA) is 99.4 Å². The van der Waals surface area contributed by atoms with Gasteiger partial charge in [-0.1, -0.05) is 5.16 Å². The molecule has 3 heterocycles.